The SMILES string of the molecule is CN1CCC(C(=O)Nc2cccc(-c3ccnc4c(C(=O)c5cccs5)cnn34)c2)CC1.O=C(Nc1cccc(-c2ccnc3c(C(=O)c4cccs4)cnn23)c1)OCc1ccncc1. The van der Waals surface area contributed by atoms with Gasteiger partial charge in [-0.1, -0.05) is 36.4 Å². The normalized spacial score (nSPS) is 12.9. The van der Waals surface area contributed by atoms with Crippen LogP contribution in [-0.4, -0.2) is 82.8 Å². The van der Waals surface area contributed by atoms with E-state index in [-0.39, 0.29) is 30.0 Å². The van der Waals surface area contributed by atoms with Crippen molar-refractivity contribution in [3.05, 3.63) is 171 Å². The largest absolute Gasteiger partial charge is 0.444 e. The van der Waals surface area contributed by atoms with Crippen molar-refractivity contribution in [3.8, 4) is 22.5 Å². The number of fused-ring (bicyclic) bond motifs is 2. The molecule has 1 saturated heterocycles. The highest BCUT2D eigenvalue weighted by Gasteiger charge is 2.24. The number of anilines is 2. The van der Waals surface area contributed by atoms with Crippen LogP contribution in [0.15, 0.2) is 145 Å². The van der Waals surface area contributed by atoms with Crippen molar-refractivity contribution >= 4 is 68.9 Å². The summed E-state index contributed by atoms with van der Waals surface area (Å²) < 4.78 is 8.58. The van der Waals surface area contributed by atoms with E-state index in [1.54, 1.807) is 76.4 Å². The van der Waals surface area contributed by atoms with Crippen molar-refractivity contribution in [1.29, 1.82) is 0 Å². The summed E-state index contributed by atoms with van der Waals surface area (Å²) in [7, 11) is 2.09. The van der Waals surface area contributed by atoms with Gasteiger partial charge in [0.2, 0.25) is 17.5 Å². The first kappa shape index (κ1) is 42.6. The summed E-state index contributed by atoms with van der Waals surface area (Å²) >= 11 is 2.78. The van der Waals surface area contributed by atoms with Gasteiger partial charge < -0.3 is 15.0 Å². The first-order valence-corrected chi connectivity index (χ1v) is 22.4. The van der Waals surface area contributed by atoms with Crippen LogP contribution in [0.1, 0.15) is 48.9 Å². The Labute approximate surface area is 380 Å². The molecule has 0 bridgehead atoms. The molecule has 324 valence electrons. The Morgan fingerprint density at radius 1 is 0.662 bits per heavy atom. The summed E-state index contributed by atoms with van der Waals surface area (Å²) in [5.41, 5.74) is 7.29. The second-order valence-electron chi connectivity index (χ2n) is 15.1. The molecule has 8 heterocycles. The first-order chi connectivity index (χ1) is 31.8. The molecule has 0 atom stereocenters. The molecule has 2 N–H and O–H groups in total. The predicted octanol–water partition coefficient (Wildman–Crippen LogP) is 8.80. The number of aromatic nitrogens is 7. The zero-order chi connectivity index (χ0) is 44.7. The predicted molar refractivity (Wildman–Crippen MR) is 249 cm³/mol. The van der Waals surface area contributed by atoms with Crippen molar-refractivity contribution in [1.82, 2.24) is 39.1 Å². The highest BCUT2D eigenvalue weighted by molar-refractivity contribution is 7.12. The lowest BCUT2D eigenvalue weighted by Gasteiger charge is -2.28. The molecule has 17 heteroatoms. The minimum absolute atomic E-state index is 0.0411. The Bertz CT molecular complexity index is 3120. The van der Waals surface area contributed by atoms with Gasteiger partial charge in [-0.3, -0.25) is 24.7 Å². The zero-order valence-electron chi connectivity index (χ0n) is 34.9. The standard InChI is InChI=1S/C24H17N5O3S.C24H23N5O2S/c30-22(21-5-2-12-33-21)19-14-27-29-20(8-11-26-23(19)29)17-3-1-4-18(13-17)28-24(31)32-15-16-6-9-25-10-7-16;1-28-11-8-16(9-12-28)24(31)27-18-5-2-4-17(14-18)20-7-10-25-23-19(15-26-29(20)23)22(30)21-6-3-13-32-21/h1-14H,15H2,(H,28,31);2-7,10,13-16H,8-9,11-12H2,1H3,(H,27,31). The van der Waals surface area contributed by atoms with E-state index in [0.717, 1.165) is 59.7 Å². The number of hydrogen-bond donors (Lipinski definition) is 2. The van der Waals surface area contributed by atoms with Crippen LogP contribution >= 0.6 is 22.7 Å². The van der Waals surface area contributed by atoms with Crippen molar-refractivity contribution in [2.45, 2.75) is 19.4 Å². The smallest absolute Gasteiger partial charge is 0.411 e. The quantitative estimate of drug-likeness (QED) is 0.119. The lowest BCUT2D eigenvalue weighted by Crippen LogP contribution is -2.35. The van der Waals surface area contributed by atoms with Gasteiger partial charge in [0.25, 0.3) is 0 Å². The Hall–Kier alpha value is -7.73. The summed E-state index contributed by atoms with van der Waals surface area (Å²) in [6.45, 7) is 2.03. The number of nitrogens with zero attached hydrogens (tertiary/aromatic N) is 8. The van der Waals surface area contributed by atoms with Crippen molar-refractivity contribution in [2.24, 2.45) is 5.92 Å². The molecule has 65 heavy (non-hydrogen) atoms. The molecule has 0 radical (unpaired) electrons. The summed E-state index contributed by atoms with van der Waals surface area (Å²) in [6.07, 6.45) is 10.9. The van der Waals surface area contributed by atoms with E-state index in [1.165, 1.54) is 28.9 Å². The highest BCUT2D eigenvalue weighted by atomic mass is 32.1. The van der Waals surface area contributed by atoms with E-state index >= 15 is 0 Å². The molecule has 1 fully saturated rings. The van der Waals surface area contributed by atoms with Gasteiger partial charge in [-0.05, 0) is 110 Å². The second-order valence-corrected chi connectivity index (χ2v) is 17.0. The van der Waals surface area contributed by atoms with E-state index in [1.807, 2.05) is 71.4 Å². The molecule has 2 amide bonds. The molecular formula is C48H40N10O5S2. The summed E-state index contributed by atoms with van der Waals surface area (Å²) in [5.74, 6) is -0.0896. The number of nitrogens with one attached hydrogen (secondary N) is 2. The van der Waals surface area contributed by atoms with Gasteiger partial charge in [0.15, 0.2) is 11.3 Å². The molecule has 1 aliphatic heterocycles. The Morgan fingerprint density at radius 2 is 1.20 bits per heavy atom. The fourth-order valence-electron chi connectivity index (χ4n) is 7.43. The third-order valence-corrected chi connectivity index (χ3v) is 12.6. The maximum absolute atomic E-state index is 12.8. The number of amides is 2. The van der Waals surface area contributed by atoms with Crippen LogP contribution in [0.3, 0.4) is 0 Å². The molecule has 0 spiro atoms. The molecule has 2 aromatic carbocycles. The van der Waals surface area contributed by atoms with Crippen LogP contribution in [0.5, 0.6) is 0 Å². The number of carbonyl (C=O) groups excluding carboxylic acids is 4. The molecule has 0 unspecified atom stereocenters. The Balaban J connectivity index is 0.000000164. The molecule has 15 nitrogen and oxygen atoms in total. The summed E-state index contributed by atoms with van der Waals surface area (Å²) in [5, 5.41) is 18.4. The van der Waals surface area contributed by atoms with Crippen LogP contribution in [0.2, 0.25) is 0 Å². The van der Waals surface area contributed by atoms with Crippen LogP contribution in [0.4, 0.5) is 16.2 Å². The van der Waals surface area contributed by atoms with Crippen molar-refractivity contribution < 1.29 is 23.9 Å². The lowest BCUT2D eigenvalue weighted by molar-refractivity contribution is -0.121. The van der Waals surface area contributed by atoms with Gasteiger partial charge >= 0.3 is 6.09 Å². The highest BCUT2D eigenvalue weighted by Crippen LogP contribution is 2.28. The minimum Gasteiger partial charge on any atom is -0.444 e. The third-order valence-electron chi connectivity index (χ3n) is 10.8. The number of ether oxygens (including phenoxy) is 1. The molecule has 0 saturated carbocycles. The number of thiophene rings is 2. The van der Waals surface area contributed by atoms with E-state index in [4.69, 9.17) is 4.74 Å². The van der Waals surface area contributed by atoms with Gasteiger partial charge in [0.05, 0.1) is 44.7 Å². The Kier molecular flexibility index (Phi) is 12.7. The molecule has 10 rings (SSSR count). The lowest BCUT2D eigenvalue weighted by atomic mass is 9.96. The topological polar surface area (TPSA) is 178 Å². The van der Waals surface area contributed by atoms with Crippen molar-refractivity contribution in [3.63, 3.8) is 0 Å². The number of pyridine rings is 1. The number of likely N-dealkylation sites (tertiary alicyclic amines) is 1. The summed E-state index contributed by atoms with van der Waals surface area (Å²) in [4.78, 5) is 66.9. The average molecular weight is 901 g/mol. The second kappa shape index (κ2) is 19.3. The van der Waals surface area contributed by atoms with Crippen molar-refractivity contribution in [2.75, 3.05) is 30.8 Å². The molecule has 9 aromatic rings. The Morgan fingerprint density at radius 3 is 1.72 bits per heavy atom. The third kappa shape index (κ3) is 9.62. The molecule has 1 aliphatic rings. The monoisotopic (exact) mass is 900 g/mol. The average Bonchev–Trinajstić information content (AvgIpc) is 4.20. The van der Waals surface area contributed by atoms with E-state index in [9.17, 15) is 19.2 Å². The fraction of sp³-hybridized carbons (Fsp3) is 0.146. The fourth-order valence-corrected chi connectivity index (χ4v) is 8.79. The van der Waals surface area contributed by atoms with Crippen LogP contribution in [0.25, 0.3) is 33.8 Å². The summed E-state index contributed by atoms with van der Waals surface area (Å²) in [6, 6.07) is 29.5. The number of carbonyl (C=O) groups is 4. The number of benzene rings is 2. The zero-order valence-corrected chi connectivity index (χ0v) is 36.5. The van der Waals surface area contributed by atoms with E-state index < -0.39 is 6.09 Å². The number of rotatable bonds is 11. The van der Waals surface area contributed by atoms with E-state index in [2.05, 4.69) is 47.7 Å². The molecule has 7 aromatic heterocycles. The van der Waals surface area contributed by atoms with Gasteiger partial charge in [-0.2, -0.15) is 10.2 Å². The van der Waals surface area contributed by atoms with Crippen LogP contribution < -0.4 is 10.6 Å². The van der Waals surface area contributed by atoms with Gasteiger partial charge in [0.1, 0.15) is 6.61 Å². The number of hydrogen-bond acceptors (Lipinski definition) is 13. The van der Waals surface area contributed by atoms with Crippen LogP contribution in [-0.2, 0) is 16.1 Å². The first-order valence-electron chi connectivity index (χ1n) is 20.6. The number of piperidine rings is 1. The number of ketones is 2. The molecule has 0 aliphatic carbocycles. The van der Waals surface area contributed by atoms with Gasteiger partial charge in [-0.15, -0.1) is 22.7 Å². The maximum atomic E-state index is 12.8. The maximum Gasteiger partial charge on any atom is 0.411 e. The van der Waals surface area contributed by atoms with Crippen LogP contribution in [0, 0.1) is 5.92 Å². The molecular weight excluding hydrogens is 861 g/mol. The van der Waals surface area contributed by atoms with E-state index in [0.29, 0.717) is 37.9 Å². The van der Waals surface area contributed by atoms with Gasteiger partial charge in [0, 0.05) is 53.2 Å². The minimum atomic E-state index is -0.563. The van der Waals surface area contributed by atoms with Gasteiger partial charge in [-0.25, -0.2) is 23.8 Å².